The number of carbonyl (C=O) groups is 2. The lowest BCUT2D eigenvalue weighted by molar-refractivity contribution is -0.147. The highest BCUT2D eigenvalue weighted by Gasteiger charge is 2.74. The van der Waals surface area contributed by atoms with Gasteiger partial charge in [-0.3, -0.25) is 9.80 Å². The predicted molar refractivity (Wildman–Crippen MR) is 94.7 cm³/mol. The number of anilines is 1. The van der Waals surface area contributed by atoms with Gasteiger partial charge in [0.05, 0.1) is 17.8 Å². The van der Waals surface area contributed by atoms with Crippen molar-refractivity contribution in [1.82, 2.24) is 5.01 Å². The van der Waals surface area contributed by atoms with Crippen LogP contribution in [-0.2, 0) is 14.3 Å². The zero-order chi connectivity index (χ0) is 17.7. The molecule has 0 N–H and O–H groups in total. The van der Waals surface area contributed by atoms with E-state index in [9.17, 15) is 9.59 Å². The fourth-order valence-corrected chi connectivity index (χ4v) is 5.96. The fourth-order valence-electron chi connectivity index (χ4n) is 5.96. The lowest BCUT2D eigenvalue weighted by Crippen LogP contribution is -2.54. The summed E-state index contributed by atoms with van der Waals surface area (Å²) in [6.45, 7) is 3.83. The van der Waals surface area contributed by atoms with Crippen molar-refractivity contribution in [3.63, 3.8) is 0 Å². The van der Waals surface area contributed by atoms with Crippen LogP contribution in [0.15, 0.2) is 30.3 Å². The van der Waals surface area contributed by atoms with E-state index in [1.807, 2.05) is 47.3 Å². The zero-order valence-corrected chi connectivity index (χ0v) is 15.0. The minimum atomic E-state index is -0.413. The molecule has 1 atom stereocenters. The first-order valence-corrected chi connectivity index (χ1v) is 9.39. The molecule has 5 heteroatoms. The molecule has 1 aromatic carbocycles. The highest BCUT2D eigenvalue weighted by atomic mass is 16.5. The van der Waals surface area contributed by atoms with E-state index in [1.54, 1.807) is 6.92 Å². The molecule has 2 aliphatic carbocycles. The van der Waals surface area contributed by atoms with Gasteiger partial charge in [0.2, 0.25) is 5.91 Å². The Morgan fingerprint density at radius 2 is 1.76 bits per heavy atom. The average Bonchev–Trinajstić information content (AvgIpc) is 3.16. The van der Waals surface area contributed by atoms with Gasteiger partial charge in [-0.25, -0.2) is 9.80 Å². The third-order valence-corrected chi connectivity index (χ3v) is 6.57. The van der Waals surface area contributed by atoms with Gasteiger partial charge in [0.25, 0.3) is 0 Å². The number of ether oxygens (including phenoxy) is 1. The number of carbonyl (C=O) groups excluding carboxylic acids is 2. The van der Waals surface area contributed by atoms with Crippen LogP contribution in [-0.4, -0.2) is 35.1 Å². The van der Waals surface area contributed by atoms with Crippen LogP contribution >= 0.6 is 0 Å². The molecule has 0 bridgehead atoms. The quantitative estimate of drug-likeness (QED) is 0.791. The molecule has 1 aromatic rings. The Morgan fingerprint density at radius 3 is 2.32 bits per heavy atom. The maximum absolute atomic E-state index is 13.1. The normalized spacial score (nSPS) is 33.3. The summed E-state index contributed by atoms with van der Waals surface area (Å²) >= 11 is 0. The Hall–Kier alpha value is -2.04. The number of hydrazine groups is 1. The molecule has 0 spiro atoms. The maximum atomic E-state index is 13.1. The Bertz CT molecular complexity index is 677. The Kier molecular flexibility index (Phi) is 3.78. The van der Waals surface area contributed by atoms with Gasteiger partial charge in [0.15, 0.2) is 6.04 Å². The molecule has 134 valence electrons. The maximum Gasteiger partial charge on any atom is 0.331 e. The van der Waals surface area contributed by atoms with Gasteiger partial charge in [0, 0.05) is 12.3 Å². The second-order valence-electron chi connectivity index (χ2n) is 7.56. The number of hydrogen-bond donors (Lipinski definition) is 0. The van der Waals surface area contributed by atoms with Gasteiger partial charge in [0.1, 0.15) is 0 Å². The van der Waals surface area contributed by atoms with Crippen LogP contribution < -0.4 is 5.01 Å². The molecule has 5 nitrogen and oxygen atoms in total. The van der Waals surface area contributed by atoms with E-state index in [4.69, 9.17) is 4.74 Å². The van der Waals surface area contributed by atoms with Crippen LogP contribution in [0.25, 0.3) is 0 Å². The summed E-state index contributed by atoms with van der Waals surface area (Å²) in [6, 6.07) is 9.40. The largest absolute Gasteiger partial charge is 0.464 e. The van der Waals surface area contributed by atoms with Gasteiger partial charge >= 0.3 is 5.97 Å². The number of para-hydroxylation sites is 1. The molecule has 3 fully saturated rings. The van der Waals surface area contributed by atoms with Crippen LogP contribution in [0.4, 0.5) is 5.69 Å². The minimum Gasteiger partial charge on any atom is -0.464 e. The first-order chi connectivity index (χ1) is 12.1. The third-order valence-electron chi connectivity index (χ3n) is 6.57. The first-order valence-electron chi connectivity index (χ1n) is 9.39. The van der Waals surface area contributed by atoms with Crippen molar-refractivity contribution >= 4 is 17.6 Å². The predicted octanol–water partition coefficient (Wildman–Crippen LogP) is 3.29. The van der Waals surface area contributed by atoms with Crippen molar-refractivity contribution in [3.05, 3.63) is 30.3 Å². The number of rotatable bonds is 3. The molecular weight excluding hydrogens is 316 g/mol. The molecule has 1 unspecified atom stereocenters. The molecule has 2 saturated carbocycles. The number of benzene rings is 1. The smallest absolute Gasteiger partial charge is 0.331 e. The van der Waals surface area contributed by atoms with E-state index in [2.05, 4.69) is 0 Å². The van der Waals surface area contributed by atoms with E-state index in [0.29, 0.717) is 6.61 Å². The SMILES string of the molecule is CCOC(=O)C1N(c2ccccc2)N(C(C)=O)C23CCCC12CCC3. The summed E-state index contributed by atoms with van der Waals surface area (Å²) < 4.78 is 5.49. The van der Waals surface area contributed by atoms with Crippen molar-refractivity contribution in [3.8, 4) is 0 Å². The van der Waals surface area contributed by atoms with Crippen molar-refractivity contribution < 1.29 is 14.3 Å². The van der Waals surface area contributed by atoms with Gasteiger partial charge < -0.3 is 4.74 Å². The summed E-state index contributed by atoms with van der Waals surface area (Å²) in [5.41, 5.74) is 0.484. The van der Waals surface area contributed by atoms with Crippen LogP contribution in [0, 0.1) is 5.41 Å². The molecule has 3 aliphatic rings. The lowest BCUT2D eigenvalue weighted by Gasteiger charge is -2.41. The number of amides is 1. The van der Waals surface area contributed by atoms with Crippen molar-refractivity contribution in [2.24, 2.45) is 5.41 Å². The van der Waals surface area contributed by atoms with Crippen molar-refractivity contribution in [1.29, 1.82) is 0 Å². The van der Waals surface area contributed by atoms with E-state index >= 15 is 0 Å². The third kappa shape index (κ3) is 2.01. The Labute approximate surface area is 148 Å². The topological polar surface area (TPSA) is 49.9 Å². The molecule has 1 heterocycles. The van der Waals surface area contributed by atoms with Crippen LogP contribution in [0.2, 0.25) is 0 Å². The second kappa shape index (κ2) is 5.75. The summed E-state index contributed by atoms with van der Waals surface area (Å²) in [6.07, 6.45) is 6.08. The highest BCUT2D eigenvalue weighted by molar-refractivity contribution is 5.87. The van der Waals surface area contributed by atoms with Gasteiger partial charge in [-0.1, -0.05) is 31.0 Å². The van der Waals surface area contributed by atoms with Crippen LogP contribution in [0.5, 0.6) is 0 Å². The first kappa shape index (κ1) is 16.4. The van der Waals surface area contributed by atoms with E-state index in [1.165, 1.54) is 0 Å². The van der Waals surface area contributed by atoms with Crippen molar-refractivity contribution in [2.45, 2.75) is 64.0 Å². The van der Waals surface area contributed by atoms with Crippen LogP contribution in [0.3, 0.4) is 0 Å². The van der Waals surface area contributed by atoms with Crippen LogP contribution in [0.1, 0.15) is 52.4 Å². The summed E-state index contributed by atoms with van der Waals surface area (Å²) in [5, 5.41) is 3.88. The molecule has 4 rings (SSSR count). The second-order valence-corrected chi connectivity index (χ2v) is 7.56. The molecule has 1 aliphatic heterocycles. The van der Waals surface area contributed by atoms with Crippen molar-refractivity contribution in [2.75, 3.05) is 11.6 Å². The number of esters is 1. The molecule has 0 radical (unpaired) electrons. The highest BCUT2D eigenvalue weighted by Crippen LogP contribution is 2.67. The van der Waals surface area contributed by atoms with E-state index < -0.39 is 6.04 Å². The van der Waals surface area contributed by atoms with E-state index in [-0.39, 0.29) is 22.8 Å². The number of nitrogens with zero attached hydrogens (tertiary/aromatic N) is 2. The summed E-state index contributed by atoms with van der Waals surface area (Å²) in [4.78, 5) is 25.8. The summed E-state index contributed by atoms with van der Waals surface area (Å²) in [7, 11) is 0. The van der Waals surface area contributed by atoms with Gasteiger partial charge in [-0.2, -0.15) is 0 Å². The monoisotopic (exact) mass is 342 g/mol. The Balaban J connectivity index is 1.91. The lowest BCUT2D eigenvalue weighted by atomic mass is 9.70. The van der Waals surface area contributed by atoms with Gasteiger partial charge in [-0.05, 0) is 44.7 Å². The molecule has 0 aromatic heterocycles. The molecule has 1 saturated heterocycles. The zero-order valence-electron chi connectivity index (χ0n) is 15.0. The van der Waals surface area contributed by atoms with Gasteiger partial charge in [-0.15, -0.1) is 0 Å². The fraction of sp³-hybridized carbons (Fsp3) is 0.600. The van der Waals surface area contributed by atoms with E-state index in [0.717, 1.165) is 44.2 Å². The standard InChI is InChI=1S/C20H26N2O3/c1-3-25-18(24)17-19-11-7-13-20(19,14-8-12-19)22(15(2)23)21(17)16-9-5-4-6-10-16/h4-6,9-10,17H,3,7-8,11-14H2,1-2H3. The minimum absolute atomic E-state index is 0.0174. The Morgan fingerprint density at radius 1 is 1.12 bits per heavy atom. The summed E-state index contributed by atoms with van der Waals surface area (Å²) in [5.74, 6) is -0.174. The molecule has 25 heavy (non-hydrogen) atoms. The number of hydrogen-bond acceptors (Lipinski definition) is 4. The molecule has 1 amide bonds. The molecular formula is C20H26N2O3. The average molecular weight is 342 g/mol.